The van der Waals surface area contributed by atoms with Crippen LogP contribution in [0.1, 0.15) is 35.4 Å². The Kier molecular flexibility index (Phi) is 4.66. The van der Waals surface area contributed by atoms with Crippen molar-refractivity contribution in [1.82, 2.24) is 20.2 Å². The fourth-order valence-electron chi connectivity index (χ4n) is 3.65. The fraction of sp³-hybridized carbons (Fsp3) is 0.300. The number of amides is 1. The number of hydrogen-bond donors (Lipinski definition) is 2. The van der Waals surface area contributed by atoms with Crippen molar-refractivity contribution in [3.05, 3.63) is 65.1 Å². The summed E-state index contributed by atoms with van der Waals surface area (Å²) in [5.74, 6) is -0.113. The van der Waals surface area contributed by atoms with Gasteiger partial charge in [-0.15, -0.1) is 0 Å². The van der Waals surface area contributed by atoms with Crippen molar-refractivity contribution in [3.8, 4) is 0 Å². The van der Waals surface area contributed by atoms with Gasteiger partial charge in [0.25, 0.3) is 5.91 Å². The van der Waals surface area contributed by atoms with E-state index in [1.54, 1.807) is 6.20 Å². The molecule has 2 aromatic heterocycles. The molecule has 1 amide bonds. The molecule has 0 radical (unpaired) electrons. The Morgan fingerprint density at radius 3 is 3.12 bits per heavy atom. The second-order valence-electron chi connectivity index (χ2n) is 6.78. The molecule has 0 aliphatic carbocycles. The maximum absolute atomic E-state index is 12.7. The first kappa shape index (κ1) is 17.1. The third kappa shape index (κ3) is 3.32. The van der Waals surface area contributed by atoms with Gasteiger partial charge in [0.05, 0.1) is 0 Å². The van der Waals surface area contributed by atoms with Crippen LogP contribution in [0.15, 0.2) is 48.8 Å². The van der Waals surface area contributed by atoms with Gasteiger partial charge in [0.2, 0.25) is 0 Å². The van der Waals surface area contributed by atoms with Crippen LogP contribution in [0.25, 0.3) is 10.9 Å². The first-order valence-electron chi connectivity index (χ1n) is 8.84. The van der Waals surface area contributed by atoms with Gasteiger partial charge in [-0.25, -0.2) is 0 Å². The maximum Gasteiger partial charge on any atom is 0.270 e. The summed E-state index contributed by atoms with van der Waals surface area (Å²) in [7, 11) is 0. The van der Waals surface area contributed by atoms with Crippen molar-refractivity contribution in [1.29, 1.82) is 0 Å². The first-order valence-corrected chi connectivity index (χ1v) is 9.22. The Morgan fingerprint density at radius 2 is 2.27 bits per heavy atom. The first-order chi connectivity index (χ1) is 12.6. The van der Waals surface area contributed by atoms with Crippen LogP contribution in [0, 0.1) is 0 Å². The van der Waals surface area contributed by atoms with Crippen LogP contribution in [0.4, 0.5) is 0 Å². The number of aromatic amines is 1. The Bertz CT molecular complexity index is 938. The number of halogens is 1. The molecule has 1 aliphatic heterocycles. The van der Waals surface area contributed by atoms with Crippen molar-refractivity contribution in [3.63, 3.8) is 0 Å². The van der Waals surface area contributed by atoms with Crippen molar-refractivity contribution in [2.45, 2.75) is 25.4 Å². The van der Waals surface area contributed by atoms with Crippen molar-refractivity contribution in [2.24, 2.45) is 0 Å². The van der Waals surface area contributed by atoms with E-state index in [0.29, 0.717) is 5.69 Å². The highest BCUT2D eigenvalue weighted by atomic mass is 35.5. The molecule has 1 aliphatic rings. The predicted octanol–water partition coefficient (Wildman–Crippen LogP) is 3.78. The number of aromatic nitrogens is 2. The average Bonchev–Trinajstić information content (AvgIpc) is 3.29. The standard InChI is InChI=1S/C20H21ClN4O/c1-13(14-3-2-4-15(21)11-14)25-10-7-16(12-25)24-20(26)19-17-5-8-22-18(17)6-9-23-19/h2-6,8-9,11,13,16,22H,7,10,12H2,1H3,(H,24,26)/t13?,16-/m0/s1. The molecule has 1 fully saturated rings. The van der Waals surface area contributed by atoms with Crippen LogP contribution in [0.2, 0.25) is 5.02 Å². The Morgan fingerprint density at radius 1 is 1.38 bits per heavy atom. The molecule has 4 rings (SSSR count). The third-order valence-electron chi connectivity index (χ3n) is 5.13. The van der Waals surface area contributed by atoms with Gasteiger partial charge in [-0.2, -0.15) is 0 Å². The second-order valence-corrected chi connectivity index (χ2v) is 7.22. The zero-order valence-corrected chi connectivity index (χ0v) is 15.3. The lowest BCUT2D eigenvalue weighted by molar-refractivity contribution is 0.0933. The minimum atomic E-state index is -0.113. The normalized spacial score (nSPS) is 18.9. The Labute approximate surface area is 157 Å². The number of nitrogens with one attached hydrogen (secondary N) is 2. The molecular formula is C20H21ClN4O. The van der Waals surface area contributed by atoms with E-state index in [9.17, 15) is 4.79 Å². The van der Waals surface area contributed by atoms with Crippen LogP contribution in [-0.2, 0) is 0 Å². The summed E-state index contributed by atoms with van der Waals surface area (Å²) in [5, 5.41) is 4.75. The SMILES string of the molecule is CC(c1cccc(Cl)c1)N1CC[C@H](NC(=O)c2nccc3[nH]ccc23)C1. The molecule has 134 valence electrons. The molecule has 26 heavy (non-hydrogen) atoms. The van der Waals surface area contributed by atoms with E-state index in [4.69, 9.17) is 11.6 Å². The van der Waals surface area contributed by atoms with E-state index in [1.807, 2.05) is 36.5 Å². The number of fused-ring (bicyclic) bond motifs is 1. The molecule has 1 saturated heterocycles. The summed E-state index contributed by atoms with van der Waals surface area (Å²) < 4.78 is 0. The van der Waals surface area contributed by atoms with Crippen LogP contribution >= 0.6 is 11.6 Å². The minimum absolute atomic E-state index is 0.113. The van der Waals surface area contributed by atoms with Gasteiger partial charge in [-0.3, -0.25) is 14.7 Å². The highest BCUT2D eigenvalue weighted by Gasteiger charge is 2.28. The lowest BCUT2D eigenvalue weighted by Crippen LogP contribution is -2.38. The summed E-state index contributed by atoms with van der Waals surface area (Å²) in [6.07, 6.45) is 4.42. The van der Waals surface area contributed by atoms with Gasteiger partial charge in [-0.1, -0.05) is 23.7 Å². The van der Waals surface area contributed by atoms with E-state index in [-0.39, 0.29) is 18.0 Å². The number of rotatable bonds is 4. The lowest BCUT2D eigenvalue weighted by Gasteiger charge is -2.25. The molecule has 0 saturated carbocycles. The van der Waals surface area contributed by atoms with Gasteiger partial charge in [0.15, 0.2) is 0 Å². The summed E-state index contributed by atoms with van der Waals surface area (Å²) in [5.41, 5.74) is 2.60. The Balaban J connectivity index is 1.43. The number of likely N-dealkylation sites (tertiary alicyclic amines) is 1. The highest BCUT2D eigenvalue weighted by molar-refractivity contribution is 6.30. The van der Waals surface area contributed by atoms with Crippen LogP contribution in [0.5, 0.6) is 0 Å². The summed E-state index contributed by atoms with van der Waals surface area (Å²) in [4.78, 5) is 22.4. The molecule has 3 aromatic rings. The predicted molar refractivity (Wildman–Crippen MR) is 103 cm³/mol. The summed E-state index contributed by atoms with van der Waals surface area (Å²) >= 11 is 6.11. The van der Waals surface area contributed by atoms with Gasteiger partial charge >= 0.3 is 0 Å². The molecule has 0 bridgehead atoms. The number of H-pyrrole nitrogens is 1. The molecule has 6 heteroatoms. The van der Waals surface area contributed by atoms with Crippen LogP contribution < -0.4 is 5.32 Å². The van der Waals surface area contributed by atoms with E-state index >= 15 is 0 Å². The quantitative estimate of drug-likeness (QED) is 0.736. The second kappa shape index (κ2) is 7.09. The van der Waals surface area contributed by atoms with Crippen LogP contribution in [-0.4, -0.2) is 39.9 Å². The molecule has 2 N–H and O–H groups in total. The van der Waals surface area contributed by atoms with Crippen molar-refractivity contribution >= 4 is 28.4 Å². The zero-order valence-electron chi connectivity index (χ0n) is 14.6. The average molecular weight is 369 g/mol. The van der Waals surface area contributed by atoms with Gasteiger partial charge in [0, 0.05) is 53.5 Å². The number of pyridine rings is 1. The topological polar surface area (TPSA) is 61.0 Å². The van der Waals surface area contributed by atoms with E-state index in [1.165, 1.54) is 5.56 Å². The van der Waals surface area contributed by atoms with E-state index < -0.39 is 0 Å². The van der Waals surface area contributed by atoms with Crippen molar-refractivity contribution < 1.29 is 4.79 Å². The third-order valence-corrected chi connectivity index (χ3v) is 5.36. The maximum atomic E-state index is 12.7. The largest absolute Gasteiger partial charge is 0.361 e. The highest BCUT2D eigenvalue weighted by Crippen LogP contribution is 2.26. The summed E-state index contributed by atoms with van der Waals surface area (Å²) in [6.45, 7) is 3.95. The lowest BCUT2D eigenvalue weighted by atomic mass is 10.1. The number of hydrogen-bond acceptors (Lipinski definition) is 3. The smallest absolute Gasteiger partial charge is 0.270 e. The molecule has 1 unspecified atom stereocenters. The minimum Gasteiger partial charge on any atom is -0.361 e. The summed E-state index contributed by atoms with van der Waals surface area (Å²) in [6, 6.07) is 12.1. The zero-order chi connectivity index (χ0) is 18.1. The fourth-order valence-corrected chi connectivity index (χ4v) is 3.85. The van der Waals surface area contributed by atoms with Gasteiger partial charge in [0.1, 0.15) is 5.69 Å². The van der Waals surface area contributed by atoms with Gasteiger partial charge in [-0.05, 0) is 43.2 Å². The number of carbonyl (C=O) groups excluding carboxylic acids is 1. The van der Waals surface area contributed by atoms with Crippen molar-refractivity contribution in [2.75, 3.05) is 13.1 Å². The van der Waals surface area contributed by atoms with Crippen LogP contribution in [0.3, 0.4) is 0 Å². The van der Waals surface area contributed by atoms with E-state index in [2.05, 4.69) is 33.2 Å². The van der Waals surface area contributed by atoms with Gasteiger partial charge < -0.3 is 10.3 Å². The molecular weight excluding hydrogens is 348 g/mol. The molecule has 3 heterocycles. The number of carbonyl (C=O) groups is 1. The number of nitrogens with zero attached hydrogens (tertiary/aromatic N) is 2. The monoisotopic (exact) mass is 368 g/mol. The molecule has 2 atom stereocenters. The molecule has 0 spiro atoms. The number of benzene rings is 1. The molecule has 5 nitrogen and oxygen atoms in total. The van der Waals surface area contributed by atoms with E-state index in [0.717, 1.165) is 35.4 Å². The Hall–Kier alpha value is -2.37. The molecule has 1 aromatic carbocycles.